The quantitative estimate of drug-likeness (QED) is 0.546. The van der Waals surface area contributed by atoms with Crippen LogP contribution in [0.15, 0.2) is 67.9 Å². The molecule has 0 fully saturated rings. The molecule has 1 unspecified atom stereocenters. The molecular formula is C22H22N6. The summed E-state index contributed by atoms with van der Waals surface area (Å²) in [4.78, 5) is 15.1. The van der Waals surface area contributed by atoms with Gasteiger partial charge in [0.05, 0.1) is 36.3 Å². The number of para-hydroxylation sites is 1. The van der Waals surface area contributed by atoms with Crippen LogP contribution in [0.4, 0.5) is 0 Å². The molecule has 0 bridgehead atoms. The molecule has 1 aromatic carbocycles. The first-order chi connectivity index (χ1) is 13.8. The number of H-pyrrole nitrogens is 1. The number of aromatic nitrogens is 5. The molecule has 0 saturated carbocycles. The first-order valence-electron chi connectivity index (χ1n) is 9.55. The Balaban J connectivity index is 1.57. The largest absolute Gasteiger partial charge is 0.348 e. The highest BCUT2D eigenvalue weighted by Gasteiger charge is 2.32. The zero-order chi connectivity index (χ0) is 18.9. The number of rotatable bonds is 5. The summed E-state index contributed by atoms with van der Waals surface area (Å²) in [5, 5.41) is 5.62. The average molecular weight is 370 g/mol. The number of nitrogens with one attached hydrogen (secondary N) is 1. The fraction of sp³-hybridized carbons (Fsp3) is 0.227. The van der Waals surface area contributed by atoms with E-state index in [0.717, 1.165) is 37.3 Å². The summed E-state index contributed by atoms with van der Waals surface area (Å²) in [5.41, 5.74) is 5.80. The lowest BCUT2D eigenvalue weighted by Gasteiger charge is -2.35. The van der Waals surface area contributed by atoms with E-state index in [1.165, 1.54) is 22.2 Å². The molecule has 140 valence electrons. The Morgan fingerprint density at radius 3 is 3.07 bits per heavy atom. The molecule has 28 heavy (non-hydrogen) atoms. The monoisotopic (exact) mass is 370 g/mol. The minimum Gasteiger partial charge on any atom is -0.348 e. The standard InChI is InChI=1S/C22H22N6/c1-2-10-28-14-16(12-26-28)13-27-11-8-20-21(25-15-24-20)22(27)18-7-9-23-19-6-4-3-5-17(18)19/h2-7,9,12,14-15,22H,1,8,10-11,13H2,(H,24,25). The van der Waals surface area contributed by atoms with Gasteiger partial charge in [-0.1, -0.05) is 24.3 Å². The highest BCUT2D eigenvalue weighted by molar-refractivity contribution is 5.82. The zero-order valence-electron chi connectivity index (χ0n) is 15.6. The Bertz CT molecular complexity index is 1120. The molecule has 0 radical (unpaired) electrons. The minimum absolute atomic E-state index is 0.0886. The SMILES string of the molecule is C=CCn1cc(CN2CCc3[nH]cnc3C2c2ccnc3ccccc23)cn1. The van der Waals surface area contributed by atoms with Crippen LogP contribution in [0.2, 0.25) is 0 Å². The minimum atomic E-state index is 0.0886. The second kappa shape index (κ2) is 7.05. The smallest absolute Gasteiger partial charge is 0.0926 e. The van der Waals surface area contributed by atoms with E-state index in [0.29, 0.717) is 0 Å². The van der Waals surface area contributed by atoms with Gasteiger partial charge in [-0.15, -0.1) is 6.58 Å². The van der Waals surface area contributed by atoms with Crippen LogP contribution in [0.3, 0.4) is 0 Å². The van der Waals surface area contributed by atoms with Gasteiger partial charge in [0.2, 0.25) is 0 Å². The Labute approximate surface area is 163 Å². The Kier molecular flexibility index (Phi) is 4.25. The van der Waals surface area contributed by atoms with E-state index in [4.69, 9.17) is 4.98 Å². The van der Waals surface area contributed by atoms with E-state index in [1.807, 2.05) is 35.5 Å². The number of nitrogens with zero attached hydrogens (tertiary/aromatic N) is 5. The molecule has 1 aliphatic heterocycles. The summed E-state index contributed by atoms with van der Waals surface area (Å²) in [6, 6.07) is 10.5. The first-order valence-corrected chi connectivity index (χ1v) is 9.55. The molecule has 0 amide bonds. The van der Waals surface area contributed by atoms with Crippen molar-refractivity contribution in [1.82, 2.24) is 29.6 Å². The number of pyridine rings is 1. The van der Waals surface area contributed by atoms with Gasteiger partial charge in [-0.25, -0.2) is 4.98 Å². The molecule has 1 aliphatic rings. The molecule has 3 aromatic heterocycles. The van der Waals surface area contributed by atoms with Crippen LogP contribution in [0, 0.1) is 0 Å². The van der Waals surface area contributed by atoms with E-state index in [9.17, 15) is 0 Å². The van der Waals surface area contributed by atoms with E-state index in [2.05, 4.69) is 57.0 Å². The third kappa shape index (κ3) is 2.92. The van der Waals surface area contributed by atoms with Crippen LogP contribution in [0.1, 0.15) is 28.6 Å². The summed E-state index contributed by atoms with van der Waals surface area (Å²) in [7, 11) is 0. The molecular weight excluding hydrogens is 348 g/mol. The van der Waals surface area contributed by atoms with Crippen LogP contribution < -0.4 is 0 Å². The summed E-state index contributed by atoms with van der Waals surface area (Å²) < 4.78 is 1.92. The lowest BCUT2D eigenvalue weighted by atomic mass is 9.93. The van der Waals surface area contributed by atoms with Gasteiger partial charge in [-0.3, -0.25) is 14.6 Å². The van der Waals surface area contributed by atoms with E-state index < -0.39 is 0 Å². The number of fused-ring (bicyclic) bond motifs is 2. The van der Waals surface area contributed by atoms with Gasteiger partial charge in [-0.2, -0.15) is 5.10 Å². The van der Waals surface area contributed by atoms with Crippen LogP contribution >= 0.6 is 0 Å². The third-order valence-corrected chi connectivity index (χ3v) is 5.39. The van der Waals surface area contributed by atoms with Crippen molar-refractivity contribution in [2.75, 3.05) is 6.54 Å². The summed E-state index contributed by atoms with van der Waals surface area (Å²) >= 11 is 0. The van der Waals surface area contributed by atoms with Gasteiger partial charge in [0.15, 0.2) is 0 Å². The van der Waals surface area contributed by atoms with E-state index in [-0.39, 0.29) is 6.04 Å². The normalized spacial score (nSPS) is 16.9. The van der Waals surface area contributed by atoms with Crippen molar-refractivity contribution in [2.45, 2.75) is 25.6 Å². The highest BCUT2D eigenvalue weighted by atomic mass is 15.3. The van der Waals surface area contributed by atoms with Gasteiger partial charge in [0.25, 0.3) is 0 Å². The summed E-state index contributed by atoms with van der Waals surface area (Å²) in [6.07, 6.45) is 10.6. The Morgan fingerprint density at radius 2 is 2.14 bits per heavy atom. The molecule has 1 N–H and O–H groups in total. The van der Waals surface area contributed by atoms with Crippen molar-refractivity contribution in [3.05, 3.63) is 90.4 Å². The second-order valence-electron chi connectivity index (χ2n) is 7.17. The predicted molar refractivity (Wildman–Crippen MR) is 109 cm³/mol. The number of aromatic amines is 1. The molecule has 0 aliphatic carbocycles. The maximum Gasteiger partial charge on any atom is 0.0926 e. The van der Waals surface area contributed by atoms with Gasteiger partial charge < -0.3 is 4.98 Å². The van der Waals surface area contributed by atoms with Crippen molar-refractivity contribution < 1.29 is 0 Å². The average Bonchev–Trinajstić information content (AvgIpc) is 3.37. The fourth-order valence-electron chi connectivity index (χ4n) is 4.15. The molecule has 4 aromatic rings. The third-order valence-electron chi connectivity index (χ3n) is 5.39. The molecule has 4 heterocycles. The van der Waals surface area contributed by atoms with Crippen molar-refractivity contribution in [3.63, 3.8) is 0 Å². The number of benzene rings is 1. The van der Waals surface area contributed by atoms with Crippen LogP contribution in [0.25, 0.3) is 10.9 Å². The topological polar surface area (TPSA) is 62.6 Å². The van der Waals surface area contributed by atoms with Crippen molar-refractivity contribution in [2.24, 2.45) is 0 Å². The Morgan fingerprint density at radius 1 is 1.21 bits per heavy atom. The number of hydrogen-bond acceptors (Lipinski definition) is 4. The Hall–Kier alpha value is -3.25. The molecule has 0 saturated heterocycles. The molecule has 1 atom stereocenters. The first kappa shape index (κ1) is 16.9. The maximum absolute atomic E-state index is 4.70. The molecule has 6 heteroatoms. The van der Waals surface area contributed by atoms with Crippen LogP contribution in [-0.4, -0.2) is 36.2 Å². The summed E-state index contributed by atoms with van der Waals surface area (Å²) in [6.45, 7) is 6.30. The zero-order valence-corrected chi connectivity index (χ0v) is 15.6. The van der Waals surface area contributed by atoms with Crippen molar-refractivity contribution in [1.29, 1.82) is 0 Å². The number of allylic oxidation sites excluding steroid dienone is 1. The second-order valence-corrected chi connectivity index (χ2v) is 7.17. The van der Waals surface area contributed by atoms with Gasteiger partial charge in [0.1, 0.15) is 0 Å². The number of hydrogen-bond donors (Lipinski definition) is 1. The fourth-order valence-corrected chi connectivity index (χ4v) is 4.15. The van der Waals surface area contributed by atoms with Crippen LogP contribution in [-0.2, 0) is 19.5 Å². The molecule has 0 spiro atoms. The molecule has 6 nitrogen and oxygen atoms in total. The van der Waals surface area contributed by atoms with Gasteiger partial charge in [-0.05, 0) is 17.7 Å². The van der Waals surface area contributed by atoms with E-state index in [1.54, 1.807) is 0 Å². The van der Waals surface area contributed by atoms with Crippen molar-refractivity contribution in [3.8, 4) is 0 Å². The highest BCUT2D eigenvalue weighted by Crippen LogP contribution is 2.37. The van der Waals surface area contributed by atoms with Gasteiger partial charge >= 0.3 is 0 Å². The molecule has 5 rings (SSSR count). The summed E-state index contributed by atoms with van der Waals surface area (Å²) in [5.74, 6) is 0. The maximum atomic E-state index is 4.70. The lowest BCUT2D eigenvalue weighted by molar-refractivity contribution is 0.201. The van der Waals surface area contributed by atoms with E-state index >= 15 is 0 Å². The predicted octanol–water partition coefficient (Wildman–Crippen LogP) is 3.49. The number of imidazole rings is 1. The van der Waals surface area contributed by atoms with Crippen molar-refractivity contribution >= 4 is 10.9 Å². The lowest BCUT2D eigenvalue weighted by Crippen LogP contribution is -2.36. The van der Waals surface area contributed by atoms with Gasteiger partial charge in [0, 0.05) is 48.5 Å². The van der Waals surface area contributed by atoms with Crippen LogP contribution in [0.5, 0.6) is 0 Å².